The van der Waals surface area contributed by atoms with Crippen LogP contribution in [0.15, 0.2) is 24.3 Å². The molecule has 1 aromatic rings. The van der Waals surface area contributed by atoms with E-state index in [-0.39, 0.29) is 17.9 Å². The SMILES string of the molecule is CCOc1ccc(N2C(=O)C[C@H]([NH2+]CC[NH+]3CCCCC3)C2=O)cc1. The molecule has 0 spiro atoms. The first kappa shape index (κ1) is 17.9. The molecule has 0 bridgehead atoms. The zero-order valence-electron chi connectivity index (χ0n) is 15.0. The molecular formula is C19H29N3O3+2. The van der Waals surface area contributed by atoms with E-state index in [4.69, 9.17) is 4.74 Å². The highest BCUT2D eigenvalue weighted by atomic mass is 16.5. The summed E-state index contributed by atoms with van der Waals surface area (Å²) < 4.78 is 5.41. The van der Waals surface area contributed by atoms with Crippen molar-refractivity contribution in [3.8, 4) is 5.75 Å². The van der Waals surface area contributed by atoms with Crippen molar-refractivity contribution in [3.05, 3.63) is 24.3 Å². The van der Waals surface area contributed by atoms with E-state index in [9.17, 15) is 9.59 Å². The zero-order chi connectivity index (χ0) is 17.6. The van der Waals surface area contributed by atoms with Crippen LogP contribution in [0.5, 0.6) is 5.75 Å². The molecule has 3 N–H and O–H groups in total. The number of imide groups is 1. The number of likely N-dealkylation sites (tertiary alicyclic amines) is 1. The molecule has 3 rings (SSSR count). The Kier molecular flexibility index (Phi) is 6.04. The number of amides is 2. The first-order chi connectivity index (χ1) is 12.2. The molecule has 1 aromatic carbocycles. The quantitative estimate of drug-likeness (QED) is 0.644. The fourth-order valence-corrected chi connectivity index (χ4v) is 3.76. The lowest BCUT2D eigenvalue weighted by Crippen LogP contribution is -3.15. The number of quaternary nitrogens is 2. The highest BCUT2D eigenvalue weighted by Crippen LogP contribution is 2.24. The van der Waals surface area contributed by atoms with Gasteiger partial charge in [-0.05, 0) is 50.5 Å². The van der Waals surface area contributed by atoms with Gasteiger partial charge in [-0.25, -0.2) is 4.90 Å². The van der Waals surface area contributed by atoms with Crippen LogP contribution < -0.4 is 19.9 Å². The molecule has 2 fully saturated rings. The van der Waals surface area contributed by atoms with E-state index >= 15 is 0 Å². The molecule has 2 amide bonds. The summed E-state index contributed by atoms with van der Waals surface area (Å²) in [5.74, 6) is 0.543. The molecule has 6 heteroatoms. The Labute approximate surface area is 149 Å². The van der Waals surface area contributed by atoms with Crippen LogP contribution in [0.3, 0.4) is 0 Å². The average molecular weight is 347 g/mol. The third-order valence-corrected chi connectivity index (χ3v) is 5.10. The lowest BCUT2D eigenvalue weighted by atomic mass is 10.1. The predicted molar refractivity (Wildman–Crippen MR) is 94.7 cm³/mol. The number of piperidine rings is 1. The minimum absolute atomic E-state index is 0.0946. The van der Waals surface area contributed by atoms with Crippen molar-refractivity contribution in [3.63, 3.8) is 0 Å². The van der Waals surface area contributed by atoms with E-state index in [2.05, 4.69) is 5.32 Å². The number of rotatable bonds is 7. The van der Waals surface area contributed by atoms with Gasteiger partial charge in [0.1, 0.15) is 18.8 Å². The number of benzene rings is 1. The molecule has 2 aliphatic rings. The molecule has 0 saturated carbocycles. The molecule has 0 radical (unpaired) electrons. The minimum Gasteiger partial charge on any atom is -0.494 e. The van der Waals surface area contributed by atoms with Crippen molar-refractivity contribution in [1.82, 2.24) is 0 Å². The van der Waals surface area contributed by atoms with Gasteiger partial charge in [-0.2, -0.15) is 0 Å². The fourth-order valence-electron chi connectivity index (χ4n) is 3.76. The zero-order valence-corrected chi connectivity index (χ0v) is 15.0. The lowest BCUT2D eigenvalue weighted by molar-refractivity contribution is -0.917. The second-order valence-corrected chi connectivity index (χ2v) is 6.89. The van der Waals surface area contributed by atoms with Crippen molar-refractivity contribution in [2.45, 2.75) is 38.6 Å². The number of anilines is 1. The number of hydrogen-bond donors (Lipinski definition) is 2. The average Bonchev–Trinajstić information content (AvgIpc) is 2.91. The molecule has 6 nitrogen and oxygen atoms in total. The van der Waals surface area contributed by atoms with Crippen molar-refractivity contribution >= 4 is 17.5 Å². The van der Waals surface area contributed by atoms with Gasteiger partial charge in [0.25, 0.3) is 5.91 Å². The van der Waals surface area contributed by atoms with Crippen molar-refractivity contribution in [1.29, 1.82) is 0 Å². The topological polar surface area (TPSA) is 67.7 Å². The Morgan fingerprint density at radius 2 is 1.88 bits per heavy atom. The van der Waals surface area contributed by atoms with E-state index in [1.54, 1.807) is 29.2 Å². The molecule has 0 unspecified atom stereocenters. The highest BCUT2D eigenvalue weighted by Gasteiger charge is 2.42. The normalized spacial score (nSPS) is 21.8. The summed E-state index contributed by atoms with van der Waals surface area (Å²) in [6, 6.07) is 6.89. The maximum absolute atomic E-state index is 12.6. The van der Waals surface area contributed by atoms with E-state index in [1.165, 1.54) is 37.3 Å². The third-order valence-electron chi connectivity index (χ3n) is 5.10. The second kappa shape index (κ2) is 8.45. The van der Waals surface area contributed by atoms with E-state index < -0.39 is 0 Å². The van der Waals surface area contributed by atoms with Gasteiger partial charge in [-0.15, -0.1) is 0 Å². The Morgan fingerprint density at radius 1 is 1.16 bits per heavy atom. The first-order valence-electron chi connectivity index (χ1n) is 9.45. The monoisotopic (exact) mass is 347 g/mol. The van der Waals surface area contributed by atoms with Crippen LogP contribution in [0, 0.1) is 0 Å². The predicted octanol–water partition coefficient (Wildman–Crippen LogP) is -0.651. The number of carbonyl (C=O) groups excluding carboxylic acids is 2. The largest absolute Gasteiger partial charge is 0.494 e. The summed E-state index contributed by atoms with van der Waals surface area (Å²) in [6.45, 7) is 6.97. The van der Waals surface area contributed by atoms with Gasteiger partial charge < -0.3 is 15.0 Å². The molecule has 2 aliphatic heterocycles. The summed E-state index contributed by atoms with van der Waals surface area (Å²) in [4.78, 5) is 27.9. The van der Waals surface area contributed by atoms with Gasteiger partial charge in [-0.1, -0.05) is 0 Å². The van der Waals surface area contributed by atoms with Crippen molar-refractivity contribution in [2.75, 3.05) is 37.7 Å². The van der Waals surface area contributed by atoms with Crippen LogP contribution in [0.1, 0.15) is 32.6 Å². The molecule has 2 saturated heterocycles. The summed E-state index contributed by atoms with van der Waals surface area (Å²) in [6.07, 6.45) is 4.25. The molecule has 0 aromatic heterocycles. The van der Waals surface area contributed by atoms with Gasteiger partial charge in [0.15, 0.2) is 6.04 Å². The summed E-state index contributed by atoms with van der Waals surface area (Å²) in [5.41, 5.74) is 0.635. The Hall–Kier alpha value is -1.92. The Morgan fingerprint density at radius 3 is 2.56 bits per heavy atom. The van der Waals surface area contributed by atoms with Gasteiger partial charge in [0, 0.05) is 0 Å². The number of hydrogen-bond acceptors (Lipinski definition) is 3. The third kappa shape index (κ3) is 4.38. The maximum Gasteiger partial charge on any atom is 0.292 e. The summed E-state index contributed by atoms with van der Waals surface area (Å²) in [7, 11) is 0. The van der Waals surface area contributed by atoms with Crippen molar-refractivity contribution < 1.29 is 24.5 Å². The Bertz CT molecular complexity index is 596. The van der Waals surface area contributed by atoms with Crippen LogP contribution in [-0.2, 0) is 9.59 Å². The molecule has 136 valence electrons. The van der Waals surface area contributed by atoms with E-state index in [0.29, 0.717) is 18.7 Å². The molecular weight excluding hydrogens is 318 g/mol. The van der Waals surface area contributed by atoms with E-state index in [1.807, 2.05) is 6.92 Å². The molecule has 25 heavy (non-hydrogen) atoms. The van der Waals surface area contributed by atoms with Gasteiger partial charge in [0.05, 0.1) is 31.8 Å². The highest BCUT2D eigenvalue weighted by molar-refractivity contribution is 6.21. The maximum atomic E-state index is 12.6. The standard InChI is InChI=1S/C19H27N3O3/c1-2-25-16-8-6-15(7-9-16)22-18(23)14-17(19(22)24)20-10-13-21-11-4-3-5-12-21/h6-9,17,20H,2-5,10-14H2,1H3/p+2/t17-/m0/s1. The first-order valence-corrected chi connectivity index (χ1v) is 9.45. The van der Waals surface area contributed by atoms with Crippen molar-refractivity contribution in [2.24, 2.45) is 0 Å². The second-order valence-electron chi connectivity index (χ2n) is 6.89. The number of nitrogens with one attached hydrogen (secondary N) is 1. The van der Waals surface area contributed by atoms with Gasteiger partial charge in [-0.3, -0.25) is 9.59 Å². The van der Waals surface area contributed by atoms with E-state index in [0.717, 1.165) is 18.8 Å². The summed E-state index contributed by atoms with van der Waals surface area (Å²) >= 11 is 0. The van der Waals surface area contributed by atoms with Crippen LogP contribution in [-0.4, -0.2) is 50.6 Å². The van der Waals surface area contributed by atoms with Crippen LogP contribution in [0.4, 0.5) is 5.69 Å². The van der Waals surface area contributed by atoms with Gasteiger partial charge >= 0.3 is 0 Å². The lowest BCUT2D eigenvalue weighted by Gasteiger charge is -2.23. The van der Waals surface area contributed by atoms with Gasteiger partial charge in [0.2, 0.25) is 5.91 Å². The van der Waals surface area contributed by atoms with Crippen LogP contribution in [0.25, 0.3) is 0 Å². The molecule has 2 heterocycles. The smallest absolute Gasteiger partial charge is 0.292 e. The van der Waals surface area contributed by atoms with Crippen LogP contribution in [0.2, 0.25) is 0 Å². The number of ether oxygens (including phenoxy) is 1. The fraction of sp³-hybridized carbons (Fsp3) is 0.579. The molecule has 1 atom stereocenters. The summed E-state index contributed by atoms with van der Waals surface area (Å²) in [5, 5.41) is 2.05. The number of nitrogens with zero attached hydrogens (tertiary/aromatic N) is 1. The molecule has 0 aliphatic carbocycles. The number of carbonyl (C=O) groups is 2. The Balaban J connectivity index is 1.54. The number of nitrogens with two attached hydrogens (primary N) is 1. The van der Waals surface area contributed by atoms with Crippen LogP contribution >= 0.6 is 0 Å². The minimum atomic E-state index is -0.275.